The van der Waals surface area contributed by atoms with Crippen molar-refractivity contribution in [3.63, 3.8) is 0 Å². The molecule has 0 atom stereocenters. The van der Waals surface area contributed by atoms with E-state index in [1.165, 1.54) is 32.1 Å². The highest BCUT2D eigenvalue weighted by atomic mass is 35.5. The van der Waals surface area contributed by atoms with Crippen LogP contribution in [0.1, 0.15) is 50.5 Å². The molecule has 4 rings (SSSR count). The SMILES string of the molecule is CNC(=O)[N+]1(Cc2ccc(Oc3ccc(NS(C)(=O)=O)cc3)cc2)CCC(N)(C2CCCCC2)CC1.Cl.Cl. The predicted molar refractivity (Wildman–Crippen MR) is 157 cm³/mol. The molecule has 2 fully saturated rings. The van der Waals surface area contributed by atoms with E-state index >= 15 is 0 Å². The Morgan fingerprint density at radius 3 is 2.00 bits per heavy atom. The third-order valence-electron chi connectivity index (χ3n) is 7.88. The van der Waals surface area contributed by atoms with Crippen molar-refractivity contribution in [2.75, 3.05) is 31.1 Å². The lowest BCUT2D eigenvalue weighted by molar-refractivity contribution is -0.870. The van der Waals surface area contributed by atoms with Crippen LogP contribution in [-0.2, 0) is 16.6 Å². The maximum atomic E-state index is 13.1. The zero-order valence-electron chi connectivity index (χ0n) is 22.1. The Labute approximate surface area is 239 Å². The van der Waals surface area contributed by atoms with E-state index in [9.17, 15) is 13.2 Å². The van der Waals surface area contributed by atoms with Crippen molar-refractivity contribution in [3.8, 4) is 11.5 Å². The van der Waals surface area contributed by atoms with E-state index in [4.69, 9.17) is 10.5 Å². The van der Waals surface area contributed by atoms with Crippen LogP contribution in [-0.4, -0.2) is 50.9 Å². The minimum Gasteiger partial charge on any atom is -0.457 e. The van der Waals surface area contributed by atoms with Crippen LogP contribution in [0.4, 0.5) is 10.5 Å². The second kappa shape index (κ2) is 13.3. The van der Waals surface area contributed by atoms with Gasteiger partial charge in [0.2, 0.25) is 10.0 Å². The highest BCUT2D eigenvalue weighted by Gasteiger charge is 2.48. The molecular weight excluding hydrogens is 547 g/mol. The first-order valence-corrected chi connectivity index (χ1v) is 14.7. The van der Waals surface area contributed by atoms with Crippen LogP contribution < -0.4 is 20.5 Å². The van der Waals surface area contributed by atoms with Gasteiger partial charge in [-0.15, -0.1) is 24.8 Å². The van der Waals surface area contributed by atoms with Gasteiger partial charge in [0.15, 0.2) is 0 Å². The van der Waals surface area contributed by atoms with Gasteiger partial charge in [0.05, 0.1) is 19.3 Å². The molecule has 1 heterocycles. The van der Waals surface area contributed by atoms with Gasteiger partial charge < -0.3 is 15.8 Å². The number of halogens is 2. The Morgan fingerprint density at radius 1 is 0.974 bits per heavy atom. The number of quaternary nitrogens is 1. The molecule has 1 aliphatic carbocycles. The minimum absolute atomic E-state index is 0. The minimum atomic E-state index is -3.32. The zero-order valence-corrected chi connectivity index (χ0v) is 24.6. The molecule has 1 saturated heterocycles. The molecule has 0 spiro atoms. The molecule has 2 aromatic rings. The van der Waals surface area contributed by atoms with Crippen molar-refractivity contribution in [2.45, 2.75) is 57.0 Å². The average molecular weight is 589 g/mol. The number of carbonyl (C=O) groups is 1. The molecule has 212 valence electrons. The number of amides is 2. The summed E-state index contributed by atoms with van der Waals surface area (Å²) in [5.74, 6) is 1.85. The molecule has 1 saturated carbocycles. The second-order valence-electron chi connectivity index (χ2n) is 10.5. The van der Waals surface area contributed by atoms with E-state index in [0.717, 1.165) is 37.8 Å². The van der Waals surface area contributed by atoms with Crippen molar-refractivity contribution >= 4 is 46.6 Å². The van der Waals surface area contributed by atoms with Crippen molar-refractivity contribution in [2.24, 2.45) is 11.7 Å². The predicted octanol–water partition coefficient (Wildman–Crippen LogP) is 5.42. The number of nitrogens with two attached hydrogens (primary N) is 1. The van der Waals surface area contributed by atoms with E-state index in [1.807, 2.05) is 24.3 Å². The molecule has 2 aliphatic rings. The molecule has 4 N–H and O–H groups in total. The summed E-state index contributed by atoms with van der Waals surface area (Å²) in [5, 5.41) is 2.89. The standard InChI is InChI=1S/C27H38N4O4S.2ClH/c1-29-26(32)31(18-16-27(28,17-19-31)22-6-4-3-5-7-22)20-21-8-12-24(13-9-21)35-25-14-10-23(11-15-25)30-36(2,33)34;;/h8-15,22,30H,3-7,16-20,28H2,1-2H3;2*1H/p+1. The summed E-state index contributed by atoms with van der Waals surface area (Å²) in [6.07, 6.45) is 9.15. The molecular formula is C27H41Cl2N4O4S+. The van der Waals surface area contributed by atoms with Gasteiger partial charge in [0.25, 0.3) is 0 Å². The lowest BCUT2D eigenvalue weighted by Gasteiger charge is -2.48. The first-order chi connectivity index (χ1) is 17.1. The highest BCUT2D eigenvalue weighted by Crippen LogP contribution is 2.39. The van der Waals surface area contributed by atoms with Crippen molar-refractivity contribution < 1.29 is 22.4 Å². The number of hydrogen-bond donors (Lipinski definition) is 3. The number of ether oxygens (including phenoxy) is 1. The van der Waals surface area contributed by atoms with Gasteiger partial charge in [-0.1, -0.05) is 19.3 Å². The van der Waals surface area contributed by atoms with Gasteiger partial charge >= 0.3 is 6.03 Å². The first-order valence-electron chi connectivity index (χ1n) is 12.8. The van der Waals surface area contributed by atoms with Gasteiger partial charge in [0.1, 0.15) is 18.0 Å². The normalized spacial score (nSPS) is 23.9. The van der Waals surface area contributed by atoms with Gasteiger partial charge in [-0.3, -0.25) is 4.72 Å². The lowest BCUT2D eigenvalue weighted by Crippen LogP contribution is -2.65. The fourth-order valence-electron chi connectivity index (χ4n) is 5.79. The number of anilines is 1. The molecule has 8 nitrogen and oxygen atoms in total. The number of rotatable bonds is 7. The van der Waals surface area contributed by atoms with Crippen LogP contribution in [0.5, 0.6) is 11.5 Å². The largest absolute Gasteiger partial charge is 0.457 e. The topological polar surface area (TPSA) is 111 Å². The molecule has 11 heteroatoms. The number of hydrogen-bond acceptors (Lipinski definition) is 5. The van der Waals surface area contributed by atoms with E-state index in [-0.39, 0.29) is 36.4 Å². The van der Waals surface area contributed by atoms with Gasteiger partial charge in [-0.05, 0) is 67.3 Å². The Hall–Kier alpha value is -2.04. The Balaban J connectivity index is 0.00000253. The quantitative estimate of drug-likeness (QED) is 0.374. The molecule has 0 unspecified atom stereocenters. The van der Waals surface area contributed by atoms with E-state index in [2.05, 4.69) is 10.0 Å². The Kier molecular flexibility index (Phi) is 11.3. The van der Waals surface area contributed by atoms with E-state index in [0.29, 0.717) is 34.1 Å². The number of sulfonamides is 1. The number of carbonyl (C=O) groups excluding carboxylic acids is 1. The van der Waals surface area contributed by atoms with Crippen LogP contribution in [0.3, 0.4) is 0 Å². The van der Waals surface area contributed by atoms with Crippen LogP contribution in [0.25, 0.3) is 0 Å². The number of piperidine rings is 1. The molecule has 0 bridgehead atoms. The van der Waals surface area contributed by atoms with Crippen molar-refractivity contribution in [1.29, 1.82) is 0 Å². The third-order valence-corrected chi connectivity index (χ3v) is 8.48. The number of nitrogens with one attached hydrogen (secondary N) is 2. The van der Waals surface area contributed by atoms with Crippen LogP contribution in [0.15, 0.2) is 48.5 Å². The molecule has 0 aromatic heterocycles. The van der Waals surface area contributed by atoms with Crippen LogP contribution in [0, 0.1) is 5.92 Å². The summed E-state index contributed by atoms with van der Waals surface area (Å²) >= 11 is 0. The van der Waals surface area contributed by atoms with Crippen LogP contribution in [0.2, 0.25) is 0 Å². The molecule has 38 heavy (non-hydrogen) atoms. The summed E-state index contributed by atoms with van der Waals surface area (Å²) < 4.78 is 31.5. The number of nitrogens with zero attached hydrogens (tertiary/aromatic N) is 1. The number of likely N-dealkylation sites (tertiary alicyclic amines) is 1. The average Bonchev–Trinajstić information content (AvgIpc) is 2.87. The van der Waals surface area contributed by atoms with Gasteiger partial charge in [0, 0.05) is 36.7 Å². The maximum absolute atomic E-state index is 13.1. The summed E-state index contributed by atoms with van der Waals surface area (Å²) in [4.78, 5) is 13.1. The first kappa shape index (κ1) is 32.2. The lowest BCUT2D eigenvalue weighted by atomic mass is 9.70. The third kappa shape index (κ3) is 7.99. The fraction of sp³-hybridized carbons (Fsp3) is 0.519. The molecule has 0 radical (unpaired) electrons. The van der Waals surface area contributed by atoms with Crippen LogP contribution >= 0.6 is 24.8 Å². The Bertz CT molecular complexity index is 1150. The molecule has 2 aromatic carbocycles. The second-order valence-corrected chi connectivity index (χ2v) is 12.3. The summed E-state index contributed by atoms with van der Waals surface area (Å²) in [6, 6.07) is 14.6. The Morgan fingerprint density at radius 2 is 1.50 bits per heavy atom. The van der Waals surface area contributed by atoms with E-state index in [1.54, 1.807) is 31.3 Å². The number of benzene rings is 2. The van der Waals surface area contributed by atoms with Crippen molar-refractivity contribution in [3.05, 3.63) is 54.1 Å². The maximum Gasteiger partial charge on any atom is 0.416 e. The summed E-state index contributed by atoms with van der Waals surface area (Å²) in [7, 11) is -1.61. The molecule has 2 amide bonds. The summed E-state index contributed by atoms with van der Waals surface area (Å²) in [6.45, 7) is 2.12. The molecule has 1 aliphatic heterocycles. The zero-order chi connectivity index (χ0) is 25.8. The summed E-state index contributed by atoms with van der Waals surface area (Å²) in [5.41, 5.74) is 8.33. The van der Waals surface area contributed by atoms with Crippen molar-refractivity contribution in [1.82, 2.24) is 5.32 Å². The number of urea groups is 1. The van der Waals surface area contributed by atoms with Gasteiger partial charge in [-0.25, -0.2) is 17.7 Å². The fourth-order valence-corrected chi connectivity index (χ4v) is 6.35. The van der Waals surface area contributed by atoms with E-state index < -0.39 is 10.0 Å². The highest BCUT2D eigenvalue weighted by molar-refractivity contribution is 7.92. The monoisotopic (exact) mass is 587 g/mol. The smallest absolute Gasteiger partial charge is 0.416 e. The van der Waals surface area contributed by atoms with Gasteiger partial charge in [-0.2, -0.15) is 0 Å².